The summed E-state index contributed by atoms with van der Waals surface area (Å²) < 4.78 is 0. The van der Waals surface area contributed by atoms with E-state index in [4.69, 9.17) is 5.11 Å². The average Bonchev–Trinajstić information content (AvgIpc) is 2.67. The maximum Gasteiger partial charge on any atom is 0.354 e. The van der Waals surface area contributed by atoms with Crippen molar-refractivity contribution < 1.29 is 19.5 Å². The number of carboxylic acid groups (broad SMARTS) is 1. The first-order valence-electron chi connectivity index (χ1n) is 8.14. The third-order valence-corrected chi connectivity index (χ3v) is 4.44. The molecule has 2 heterocycles. The number of Topliss-reactive ketones (excluding diaryl/α,β-unsaturated/α-hetero) is 1. The number of nitrogens with zero attached hydrogens (tertiary/aromatic N) is 2. The molecular weight excluding hydrogens is 320 g/mol. The summed E-state index contributed by atoms with van der Waals surface area (Å²) in [5, 5.41) is 8.98. The zero-order chi connectivity index (χ0) is 17.8. The molecule has 0 radical (unpaired) electrons. The van der Waals surface area contributed by atoms with E-state index in [1.54, 1.807) is 4.90 Å². The van der Waals surface area contributed by atoms with E-state index in [-0.39, 0.29) is 23.3 Å². The molecule has 1 fully saturated rings. The molecule has 0 unspecified atom stereocenters. The second-order valence-corrected chi connectivity index (χ2v) is 6.03. The number of carbonyl (C=O) groups is 3. The molecule has 2 aromatic rings. The van der Waals surface area contributed by atoms with Gasteiger partial charge >= 0.3 is 5.97 Å². The van der Waals surface area contributed by atoms with Crippen LogP contribution in [0.25, 0.3) is 0 Å². The first-order chi connectivity index (χ1) is 12.1. The number of likely N-dealkylation sites (tertiary alicyclic amines) is 1. The Morgan fingerprint density at radius 2 is 1.68 bits per heavy atom. The Morgan fingerprint density at radius 1 is 1.00 bits per heavy atom. The molecule has 1 saturated heterocycles. The molecular formula is C19H18N2O4. The van der Waals surface area contributed by atoms with Crippen LogP contribution in [0.2, 0.25) is 0 Å². The highest BCUT2D eigenvalue weighted by Crippen LogP contribution is 2.23. The van der Waals surface area contributed by atoms with Gasteiger partial charge in [0.1, 0.15) is 5.69 Å². The standard InChI is InChI=1S/C19H18N2O4/c22-17(13-4-2-1-3-5-13)14-7-10-21(11-8-14)18(23)15-6-9-20-16(12-15)19(24)25/h1-6,9,12,14H,7-8,10-11H2,(H,24,25). The van der Waals surface area contributed by atoms with E-state index in [1.807, 2.05) is 30.3 Å². The third kappa shape index (κ3) is 3.74. The van der Waals surface area contributed by atoms with Crippen molar-refractivity contribution in [1.82, 2.24) is 9.88 Å². The van der Waals surface area contributed by atoms with Gasteiger partial charge in [-0.1, -0.05) is 30.3 Å². The Bertz CT molecular complexity index is 796. The lowest BCUT2D eigenvalue weighted by molar-refractivity contribution is 0.0649. The van der Waals surface area contributed by atoms with E-state index >= 15 is 0 Å². The van der Waals surface area contributed by atoms with E-state index in [9.17, 15) is 14.4 Å². The number of pyridine rings is 1. The van der Waals surface area contributed by atoms with Crippen LogP contribution in [0.5, 0.6) is 0 Å². The molecule has 0 atom stereocenters. The molecule has 1 aromatic carbocycles. The van der Waals surface area contributed by atoms with Crippen molar-refractivity contribution in [1.29, 1.82) is 0 Å². The second kappa shape index (κ2) is 7.25. The predicted octanol–water partition coefficient (Wildman–Crippen LogP) is 2.51. The Balaban J connectivity index is 1.64. The van der Waals surface area contributed by atoms with Gasteiger partial charge in [-0.15, -0.1) is 0 Å². The molecule has 128 valence electrons. The zero-order valence-electron chi connectivity index (χ0n) is 13.6. The van der Waals surface area contributed by atoms with E-state index in [0.29, 0.717) is 37.1 Å². The Labute approximate surface area is 145 Å². The topological polar surface area (TPSA) is 87.6 Å². The van der Waals surface area contributed by atoms with Crippen molar-refractivity contribution in [3.05, 3.63) is 65.5 Å². The van der Waals surface area contributed by atoms with Crippen molar-refractivity contribution in [3.8, 4) is 0 Å². The largest absolute Gasteiger partial charge is 0.477 e. The molecule has 25 heavy (non-hydrogen) atoms. The monoisotopic (exact) mass is 338 g/mol. The fourth-order valence-electron chi connectivity index (χ4n) is 3.05. The van der Waals surface area contributed by atoms with Crippen molar-refractivity contribution in [2.24, 2.45) is 5.92 Å². The molecule has 1 aromatic heterocycles. The zero-order valence-corrected chi connectivity index (χ0v) is 13.6. The van der Waals surface area contributed by atoms with E-state index < -0.39 is 5.97 Å². The summed E-state index contributed by atoms with van der Waals surface area (Å²) in [7, 11) is 0. The van der Waals surface area contributed by atoms with Crippen molar-refractivity contribution in [2.45, 2.75) is 12.8 Å². The van der Waals surface area contributed by atoms with Crippen LogP contribution in [0.1, 0.15) is 44.0 Å². The molecule has 1 aliphatic rings. The second-order valence-electron chi connectivity index (χ2n) is 6.03. The minimum absolute atomic E-state index is 0.0847. The maximum atomic E-state index is 12.5. The fraction of sp³-hybridized carbons (Fsp3) is 0.263. The van der Waals surface area contributed by atoms with E-state index in [2.05, 4.69) is 4.98 Å². The van der Waals surface area contributed by atoms with Gasteiger partial charge in [-0.3, -0.25) is 9.59 Å². The number of hydrogen-bond donors (Lipinski definition) is 1. The summed E-state index contributed by atoms with van der Waals surface area (Å²) in [6, 6.07) is 12.0. The predicted molar refractivity (Wildman–Crippen MR) is 90.6 cm³/mol. The van der Waals surface area contributed by atoms with Gasteiger partial charge in [-0.05, 0) is 25.0 Å². The van der Waals surface area contributed by atoms with Crippen LogP contribution >= 0.6 is 0 Å². The van der Waals surface area contributed by atoms with E-state index in [1.165, 1.54) is 18.3 Å². The summed E-state index contributed by atoms with van der Waals surface area (Å²) in [4.78, 5) is 41.4. The van der Waals surface area contributed by atoms with Crippen molar-refractivity contribution >= 4 is 17.7 Å². The van der Waals surface area contributed by atoms with Crippen LogP contribution in [0.3, 0.4) is 0 Å². The highest BCUT2D eigenvalue weighted by Gasteiger charge is 2.28. The number of benzene rings is 1. The molecule has 1 amide bonds. The number of ketones is 1. The molecule has 0 spiro atoms. The Hall–Kier alpha value is -3.02. The maximum absolute atomic E-state index is 12.5. The molecule has 0 saturated carbocycles. The summed E-state index contributed by atoms with van der Waals surface area (Å²) >= 11 is 0. The van der Waals surface area contributed by atoms with Crippen LogP contribution in [0, 0.1) is 5.92 Å². The summed E-state index contributed by atoms with van der Waals surface area (Å²) in [6.07, 6.45) is 2.54. The lowest BCUT2D eigenvalue weighted by atomic mass is 9.88. The molecule has 0 aliphatic carbocycles. The third-order valence-electron chi connectivity index (χ3n) is 4.44. The van der Waals surface area contributed by atoms with Gasteiger partial charge < -0.3 is 10.0 Å². The molecule has 6 nitrogen and oxygen atoms in total. The first kappa shape index (κ1) is 16.8. The molecule has 0 bridgehead atoms. The van der Waals surface area contributed by atoms with Gasteiger partial charge in [-0.25, -0.2) is 9.78 Å². The lowest BCUT2D eigenvalue weighted by Crippen LogP contribution is -2.40. The Kier molecular flexibility index (Phi) is 4.88. The van der Waals surface area contributed by atoms with Gasteiger partial charge in [0.25, 0.3) is 5.91 Å². The van der Waals surface area contributed by atoms with Gasteiger partial charge in [0.05, 0.1) is 0 Å². The number of aromatic carboxylic acids is 1. The average molecular weight is 338 g/mol. The lowest BCUT2D eigenvalue weighted by Gasteiger charge is -2.31. The SMILES string of the molecule is O=C(O)c1cc(C(=O)N2CCC(C(=O)c3ccccc3)CC2)ccn1. The number of carbonyl (C=O) groups excluding carboxylic acids is 2. The number of piperidine rings is 1. The number of carboxylic acids is 1. The molecule has 3 rings (SSSR count). The summed E-state index contributed by atoms with van der Waals surface area (Å²) in [6.45, 7) is 0.958. The minimum Gasteiger partial charge on any atom is -0.477 e. The van der Waals surface area contributed by atoms with Crippen LogP contribution < -0.4 is 0 Å². The molecule has 6 heteroatoms. The summed E-state index contributed by atoms with van der Waals surface area (Å²) in [5.74, 6) is -1.36. The smallest absolute Gasteiger partial charge is 0.354 e. The van der Waals surface area contributed by atoms with Crippen LogP contribution in [-0.4, -0.2) is 45.7 Å². The minimum atomic E-state index is -1.16. The molecule has 1 N–H and O–H groups in total. The number of amides is 1. The quantitative estimate of drug-likeness (QED) is 0.866. The first-order valence-corrected chi connectivity index (χ1v) is 8.14. The molecule has 1 aliphatic heterocycles. The van der Waals surface area contributed by atoms with Gasteiger partial charge in [0, 0.05) is 36.3 Å². The highest BCUT2D eigenvalue weighted by atomic mass is 16.4. The van der Waals surface area contributed by atoms with Crippen LogP contribution in [0.15, 0.2) is 48.7 Å². The number of hydrogen-bond acceptors (Lipinski definition) is 4. The number of aromatic nitrogens is 1. The van der Waals surface area contributed by atoms with Gasteiger partial charge in [0.2, 0.25) is 0 Å². The fourth-order valence-corrected chi connectivity index (χ4v) is 3.05. The van der Waals surface area contributed by atoms with Gasteiger partial charge in [0.15, 0.2) is 5.78 Å². The normalized spacial score (nSPS) is 15.0. The van der Waals surface area contributed by atoms with E-state index in [0.717, 1.165) is 0 Å². The van der Waals surface area contributed by atoms with Gasteiger partial charge in [-0.2, -0.15) is 0 Å². The Morgan fingerprint density at radius 3 is 2.32 bits per heavy atom. The summed E-state index contributed by atoms with van der Waals surface area (Å²) in [5.41, 5.74) is 0.854. The van der Waals surface area contributed by atoms with Crippen molar-refractivity contribution in [3.63, 3.8) is 0 Å². The van der Waals surface area contributed by atoms with Crippen LogP contribution in [-0.2, 0) is 0 Å². The van der Waals surface area contributed by atoms with Crippen LogP contribution in [0.4, 0.5) is 0 Å². The number of rotatable bonds is 4. The van der Waals surface area contributed by atoms with Crippen molar-refractivity contribution in [2.75, 3.05) is 13.1 Å². The highest BCUT2D eigenvalue weighted by molar-refractivity contribution is 5.99.